The Morgan fingerprint density at radius 3 is 2.30 bits per heavy atom. The third kappa shape index (κ3) is 5.22. The number of para-hydroxylation sites is 1. The maximum atomic E-state index is 14.0. The van der Waals surface area contributed by atoms with Crippen LogP contribution in [-0.2, 0) is 11.3 Å². The second-order valence-corrected chi connectivity index (χ2v) is 9.31. The molecule has 4 rings (SSSR count). The van der Waals surface area contributed by atoms with E-state index >= 15 is 0 Å². The molecule has 186 valence electrons. The van der Waals surface area contributed by atoms with E-state index < -0.39 is 5.54 Å². The molecule has 0 aliphatic carbocycles. The molecular weight excluding hydrogens is 465 g/mol. The van der Waals surface area contributed by atoms with Crippen LogP contribution in [0.2, 0.25) is 0 Å². The molecule has 0 saturated heterocycles. The molecule has 2 unspecified atom stereocenters. The van der Waals surface area contributed by atoms with E-state index in [9.17, 15) is 19.7 Å². The first-order chi connectivity index (χ1) is 17.9. The Kier molecular flexibility index (Phi) is 7.65. The van der Waals surface area contributed by atoms with Gasteiger partial charge in [0, 0.05) is 12.5 Å². The lowest BCUT2D eigenvalue weighted by atomic mass is 9.77. The van der Waals surface area contributed by atoms with E-state index in [-0.39, 0.29) is 24.2 Å². The Morgan fingerprint density at radius 1 is 1.05 bits per heavy atom. The van der Waals surface area contributed by atoms with Crippen molar-refractivity contribution in [2.45, 2.75) is 45.2 Å². The number of nitriles is 2. The van der Waals surface area contributed by atoms with Crippen molar-refractivity contribution in [3.8, 4) is 12.1 Å². The number of hydrogen-bond acceptors (Lipinski definition) is 5. The third-order valence-corrected chi connectivity index (χ3v) is 6.81. The largest absolute Gasteiger partial charge is 0.350 e. The number of nitrogens with zero attached hydrogens (tertiary/aromatic N) is 4. The highest BCUT2D eigenvalue weighted by molar-refractivity contribution is 6.10. The van der Waals surface area contributed by atoms with Gasteiger partial charge in [0.05, 0.1) is 34.7 Å². The average Bonchev–Trinajstić information content (AvgIpc) is 3.24. The molecule has 0 spiro atoms. The second kappa shape index (κ2) is 11.1. The molecule has 0 aromatic heterocycles. The number of carbonyl (C=O) groups excluding carboxylic acids is 1. The predicted molar refractivity (Wildman–Crippen MR) is 141 cm³/mol. The van der Waals surface area contributed by atoms with E-state index in [1.165, 1.54) is 18.2 Å². The molecular formula is C30H28FN5O. The molecule has 0 bridgehead atoms. The van der Waals surface area contributed by atoms with Gasteiger partial charge < -0.3 is 5.32 Å². The van der Waals surface area contributed by atoms with Crippen LogP contribution in [0.15, 0.2) is 77.9 Å². The van der Waals surface area contributed by atoms with Crippen molar-refractivity contribution in [1.82, 2.24) is 5.32 Å². The van der Waals surface area contributed by atoms with Gasteiger partial charge >= 0.3 is 0 Å². The van der Waals surface area contributed by atoms with E-state index in [4.69, 9.17) is 5.10 Å². The number of unbranched alkanes of at least 4 members (excludes halogenated alkanes) is 1. The molecule has 0 radical (unpaired) electrons. The molecule has 3 aromatic rings. The Hall–Kier alpha value is -4.49. The standard InChI is InChI=1S/C30H28FN5O/c1-3-4-10-27-28(24-11-13-25(31)14-12-24)35-36(26-8-6-5-7-9-26)30(27,2)29(37)34-20-23-16-21(18-32)15-22(17-23)19-33/h5-9,11-17,27H,3-4,10,20H2,1-2H3,(H,34,37). The molecule has 1 N–H and O–H groups in total. The van der Waals surface area contributed by atoms with E-state index in [1.54, 1.807) is 29.3 Å². The number of benzene rings is 3. The molecule has 1 heterocycles. The van der Waals surface area contributed by atoms with Crippen molar-refractivity contribution in [2.75, 3.05) is 5.01 Å². The minimum Gasteiger partial charge on any atom is -0.350 e. The molecule has 37 heavy (non-hydrogen) atoms. The molecule has 2 atom stereocenters. The van der Waals surface area contributed by atoms with Gasteiger partial charge in [0.1, 0.15) is 11.4 Å². The first-order valence-electron chi connectivity index (χ1n) is 12.3. The van der Waals surface area contributed by atoms with Gasteiger partial charge in [-0.15, -0.1) is 0 Å². The van der Waals surface area contributed by atoms with Crippen LogP contribution in [0.4, 0.5) is 10.1 Å². The Bertz CT molecular complexity index is 1360. The van der Waals surface area contributed by atoms with E-state index in [2.05, 4.69) is 24.4 Å². The van der Waals surface area contributed by atoms with Crippen molar-refractivity contribution in [1.29, 1.82) is 10.5 Å². The third-order valence-electron chi connectivity index (χ3n) is 6.81. The highest BCUT2D eigenvalue weighted by Crippen LogP contribution is 2.41. The molecule has 0 saturated carbocycles. The highest BCUT2D eigenvalue weighted by atomic mass is 19.1. The van der Waals surface area contributed by atoms with Gasteiger partial charge in [-0.1, -0.05) is 50.1 Å². The summed E-state index contributed by atoms with van der Waals surface area (Å²) < 4.78 is 13.7. The van der Waals surface area contributed by atoms with Crippen LogP contribution in [-0.4, -0.2) is 17.2 Å². The molecule has 0 fully saturated rings. The summed E-state index contributed by atoms with van der Waals surface area (Å²) in [7, 11) is 0. The van der Waals surface area contributed by atoms with Gasteiger partial charge in [-0.2, -0.15) is 15.6 Å². The van der Waals surface area contributed by atoms with Crippen molar-refractivity contribution < 1.29 is 9.18 Å². The first-order valence-corrected chi connectivity index (χ1v) is 12.3. The number of nitrogens with one attached hydrogen (secondary N) is 1. The van der Waals surface area contributed by atoms with Crippen LogP contribution in [0.5, 0.6) is 0 Å². The van der Waals surface area contributed by atoms with Crippen LogP contribution in [0.3, 0.4) is 0 Å². The Balaban J connectivity index is 1.73. The summed E-state index contributed by atoms with van der Waals surface area (Å²) in [6.07, 6.45) is 2.57. The maximum Gasteiger partial charge on any atom is 0.248 e. The summed E-state index contributed by atoms with van der Waals surface area (Å²) in [5.74, 6) is -0.804. The minimum atomic E-state index is -1.06. The zero-order valence-electron chi connectivity index (χ0n) is 20.9. The fraction of sp³-hybridized carbons (Fsp3) is 0.267. The summed E-state index contributed by atoms with van der Waals surface area (Å²) in [5, 5.41) is 28.4. The summed E-state index contributed by atoms with van der Waals surface area (Å²) in [5.41, 5.74) is 2.63. The number of hydrogen-bond donors (Lipinski definition) is 1. The lowest BCUT2D eigenvalue weighted by molar-refractivity contribution is -0.127. The van der Waals surface area contributed by atoms with Crippen LogP contribution < -0.4 is 10.3 Å². The topological polar surface area (TPSA) is 92.3 Å². The molecule has 6 nitrogen and oxygen atoms in total. The van der Waals surface area contributed by atoms with Gasteiger partial charge in [-0.25, -0.2) is 9.40 Å². The van der Waals surface area contributed by atoms with Crippen LogP contribution in [0.1, 0.15) is 55.4 Å². The fourth-order valence-corrected chi connectivity index (χ4v) is 4.83. The maximum absolute atomic E-state index is 14.0. The van der Waals surface area contributed by atoms with Crippen molar-refractivity contribution in [3.05, 3.63) is 101 Å². The van der Waals surface area contributed by atoms with Gasteiger partial charge in [0.2, 0.25) is 5.91 Å². The predicted octanol–water partition coefficient (Wildman–Crippen LogP) is 5.67. The zero-order chi connectivity index (χ0) is 26.4. The van der Waals surface area contributed by atoms with Crippen molar-refractivity contribution in [3.63, 3.8) is 0 Å². The number of halogens is 1. The van der Waals surface area contributed by atoms with Gasteiger partial charge in [-0.3, -0.25) is 4.79 Å². The zero-order valence-corrected chi connectivity index (χ0v) is 20.9. The summed E-state index contributed by atoms with van der Waals surface area (Å²) >= 11 is 0. The molecule has 3 aromatic carbocycles. The molecule has 1 aliphatic heterocycles. The van der Waals surface area contributed by atoms with E-state index in [0.717, 1.165) is 36.2 Å². The van der Waals surface area contributed by atoms with E-state index in [1.807, 2.05) is 37.3 Å². The quantitative estimate of drug-likeness (QED) is 0.437. The number of amides is 1. The SMILES string of the molecule is CCCCC1C(c2ccc(F)cc2)=NN(c2ccccc2)C1(C)C(=O)NCc1cc(C#N)cc(C#N)c1. The van der Waals surface area contributed by atoms with Crippen LogP contribution in [0.25, 0.3) is 0 Å². The van der Waals surface area contributed by atoms with Gasteiger partial charge in [0.25, 0.3) is 0 Å². The number of hydrazone groups is 1. The normalized spacial score (nSPS) is 18.6. The second-order valence-electron chi connectivity index (χ2n) is 9.31. The summed E-state index contributed by atoms with van der Waals surface area (Å²) in [6, 6.07) is 24.7. The minimum absolute atomic E-state index is 0.160. The van der Waals surface area contributed by atoms with Crippen molar-refractivity contribution >= 4 is 17.3 Å². The van der Waals surface area contributed by atoms with Crippen LogP contribution in [0, 0.1) is 34.4 Å². The van der Waals surface area contributed by atoms with Gasteiger partial charge in [0.15, 0.2) is 0 Å². The first kappa shape index (κ1) is 25.6. The van der Waals surface area contributed by atoms with Crippen LogP contribution >= 0.6 is 0 Å². The van der Waals surface area contributed by atoms with E-state index in [0.29, 0.717) is 16.7 Å². The Morgan fingerprint density at radius 2 is 1.70 bits per heavy atom. The number of rotatable bonds is 8. The average molecular weight is 494 g/mol. The molecule has 1 amide bonds. The highest BCUT2D eigenvalue weighted by Gasteiger charge is 2.53. The lowest BCUT2D eigenvalue weighted by Crippen LogP contribution is -2.57. The smallest absolute Gasteiger partial charge is 0.248 e. The Labute approximate surface area is 216 Å². The van der Waals surface area contributed by atoms with Gasteiger partial charge in [-0.05, 0) is 66.9 Å². The summed E-state index contributed by atoms with van der Waals surface area (Å²) in [6.45, 7) is 4.15. The molecule has 7 heteroatoms. The fourth-order valence-electron chi connectivity index (χ4n) is 4.83. The summed E-state index contributed by atoms with van der Waals surface area (Å²) in [4.78, 5) is 14.0. The number of anilines is 1. The van der Waals surface area contributed by atoms with Crippen molar-refractivity contribution in [2.24, 2.45) is 11.0 Å². The monoisotopic (exact) mass is 493 g/mol. The number of carbonyl (C=O) groups is 1. The lowest BCUT2D eigenvalue weighted by Gasteiger charge is -2.37. The molecule has 1 aliphatic rings.